The molecule has 1 aromatic heterocycles. The highest BCUT2D eigenvalue weighted by molar-refractivity contribution is 5.66. The van der Waals surface area contributed by atoms with E-state index in [0.717, 1.165) is 16.7 Å². The van der Waals surface area contributed by atoms with Gasteiger partial charge < -0.3 is 0 Å². The third kappa shape index (κ3) is 2.90. The van der Waals surface area contributed by atoms with Crippen LogP contribution in [0.5, 0.6) is 0 Å². The fourth-order valence-electron chi connectivity index (χ4n) is 1.65. The largest absolute Gasteiger partial charge is 0.265 e. The standard InChI is InChI=1S/C15H12FN/c1-2-13(10-12-6-8-17-9-7-12)14-4-3-5-15(16)11-14/h3-9,11H,1,10H2. The number of aromatic nitrogens is 1. The van der Waals surface area contributed by atoms with E-state index in [1.54, 1.807) is 18.5 Å². The average Bonchev–Trinajstić information content (AvgIpc) is 2.37. The average molecular weight is 225 g/mol. The molecule has 0 spiro atoms. The fourth-order valence-corrected chi connectivity index (χ4v) is 1.65. The van der Waals surface area contributed by atoms with Crippen molar-refractivity contribution in [2.24, 2.45) is 0 Å². The van der Waals surface area contributed by atoms with Gasteiger partial charge in [0.2, 0.25) is 0 Å². The van der Waals surface area contributed by atoms with Crippen LogP contribution in [0.25, 0.3) is 5.57 Å². The molecule has 0 saturated heterocycles. The van der Waals surface area contributed by atoms with Crippen LogP contribution in [0.15, 0.2) is 61.1 Å². The number of rotatable bonds is 3. The molecule has 1 aromatic carbocycles. The molecule has 1 nitrogen and oxygen atoms in total. The lowest BCUT2D eigenvalue weighted by molar-refractivity contribution is 0.627. The molecule has 2 heteroatoms. The van der Waals surface area contributed by atoms with Gasteiger partial charge in [0, 0.05) is 24.4 Å². The summed E-state index contributed by atoms with van der Waals surface area (Å²) in [5.41, 5.74) is 5.68. The predicted octanol–water partition coefficient (Wildman–Crippen LogP) is 3.63. The highest BCUT2D eigenvalue weighted by Gasteiger charge is 2.03. The minimum Gasteiger partial charge on any atom is -0.265 e. The summed E-state index contributed by atoms with van der Waals surface area (Å²) >= 11 is 0. The molecule has 1 heterocycles. The summed E-state index contributed by atoms with van der Waals surface area (Å²) < 4.78 is 13.1. The first-order valence-electron chi connectivity index (χ1n) is 5.33. The maximum absolute atomic E-state index is 13.1. The molecule has 0 radical (unpaired) electrons. The van der Waals surface area contributed by atoms with E-state index in [1.807, 2.05) is 18.2 Å². The molecule has 0 saturated carbocycles. The van der Waals surface area contributed by atoms with Crippen LogP contribution in [0.3, 0.4) is 0 Å². The van der Waals surface area contributed by atoms with Crippen LogP contribution >= 0.6 is 0 Å². The molecule has 0 aliphatic heterocycles. The summed E-state index contributed by atoms with van der Waals surface area (Å²) in [7, 11) is 0. The number of pyridine rings is 1. The molecule has 0 aliphatic rings. The second-order valence-corrected chi connectivity index (χ2v) is 3.70. The van der Waals surface area contributed by atoms with Crippen LogP contribution in [0, 0.1) is 5.82 Å². The van der Waals surface area contributed by atoms with E-state index < -0.39 is 0 Å². The molecule has 2 rings (SSSR count). The number of hydrogen-bond acceptors (Lipinski definition) is 1. The van der Waals surface area contributed by atoms with Crippen molar-refractivity contribution in [3.63, 3.8) is 0 Å². The first-order valence-corrected chi connectivity index (χ1v) is 5.33. The summed E-state index contributed by atoms with van der Waals surface area (Å²) in [5.74, 6) is -0.245. The zero-order chi connectivity index (χ0) is 12.1. The van der Waals surface area contributed by atoms with Gasteiger partial charge >= 0.3 is 0 Å². The minimum absolute atomic E-state index is 0.245. The lowest BCUT2D eigenvalue weighted by Crippen LogP contribution is -1.91. The quantitative estimate of drug-likeness (QED) is 0.727. The first kappa shape index (κ1) is 11.3. The molecule has 0 unspecified atom stereocenters. The van der Waals surface area contributed by atoms with Gasteiger partial charge in [0.05, 0.1) is 0 Å². The number of allylic oxidation sites excluding steroid dienone is 1. The van der Waals surface area contributed by atoms with E-state index in [2.05, 4.69) is 17.3 Å². The van der Waals surface area contributed by atoms with Crippen molar-refractivity contribution in [1.82, 2.24) is 4.98 Å². The Morgan fingerprint density at radius 1 is 1.24 bits per heavy atom. The Morgan fingerprint density at radius 3 is 2.65 bits per heavy atom. The molecule has 0 atom stereocenters. The Morgan fingerprint density at radius 2 is 2.00 bits per heavy atom. The van der Waals surface area contributed by atoms with Crippen molar-refractivity contribution in [3.05, 3.63) is 78.0 Å². The molecule has 2 aromatic rings. The Bertz CT molecular complexity index is 554. The first-order chi connectivity index (χ1) is 8.29. The monoisotopic (exact) mass is 225 g/mol. The molecule has 0 bridgehead atoms. The highest BCUT2D eigenvalue weighted by Crippen LogP contribution is 2.18. The smallest absolute Gasteiger partial charge is 0.123 e. The summed E-state index contributed by atoms with van der Waals surface area (Å²) in [6, 6.07) is 10.3. The summed E-state index contributed by atoms with van der Waals surface area (Å²) in [6.45, 7) is 3.66. The Hall–Kier alpha value is -2.18. The van der Waals surface area contributed by atoms with E-state index in [1.165, 1.54) is 12.1 Å². The second kappa shape index (κ2) is 5.24. The Labute approximate surface area is 100.0 Å². The number of nitrogens with zero attached hydrogens (tertiary/aromatic N) is 1. The van der Waals surface area contributed by atoms with Crippen molar-refractivity contribution in [3.8, 4) is 0 Å². The normalized spacial score (nSPS) is 9.71. The molecule has 0 fully saturated rings. The molecular formula is C15H12FN. The van der Waals surface area contributed by atoms with Gasteiger partial charge in [-0.15, -0.1) is 5.73 Å². The number of benzene rings is 1. The predicted molar refractivity (Wildman–Crippen MR) is 66.9 cm³/mol. The molecule has 84 valence electrons. The van der Waals surface area contributed by atoms with E-state index >= 15 is 0 Å². The zero-order valence-electron chi connectivity index (χ0n) is 9.36. The van der Waals surface area contributed by atoms with Crippen molar-refractivity contribution in [2.45, 2.75) is 6.42 Å². The van der Waals surface area contributed by atoms with Gasteiger partial charge in [-0.2, -0.15) is 0 Å². The third-order valence-electron chi connectivity index (χ3n) is 2.52. The lowest BCUT2D eigenvalue weighted by atomic mass is 10.00. The summed E-state index contributed by atoms with van der Waals surface area (Å²) in [4.78, 5) is 3.96. The third-order valence-corrected chi connectivity index (χ3v) is 2.52. The van der Waals surface area contributed by atoms with Crippen LogP contribution in [0.4, 0.5) is 4.39 Å². The van der Waals surface area contributed by atoms with Gasteiger partial charge in [-0.3, -0.25) is 4.98 Å². The fraction of sp³-hybridized carbons (Fsp3) is 0.0667. The van der Waals surface area contributed by atoms with Crippen molar-refractivity contribution < 1.29 is 4.39 Å². The van der Waals surface area contributed by atoms with Crippen LogP contribution in [0.1, 0.15) is 11.1 Å². The second-order valence-electron chi connectivity index (χ2n) is 3.70. The lowest BCUT2D eigenvalue weighted by Gasteiger charge is -2.05. The maximum atomic E-state index is 13.1. The number of halogens is 1. The van der Waals surface area contributed by atoms with Gasteiger partial charge in [0.25, 0.3) is 0 Å². The van der Waals surface area contributed by atoms with Gasteiger partial charge in [-0.25, -0.2) is 4.39 Å². The Kier molecular flexibility index (Phi) is 3.49. The molecule has 0 aliphatic carbocycles. The van der Waals surface area contributed by atoms with Crippen LogP contribution < -0.4 is 0 Å². The van der Waals surface area contributed by atoms with Crippen LogP contribution in [-0.2, 0) is 6.42 Å². The SMILES string of the molecule is C=C=C(Cc1ccncc1)c1cccc(F)c1. The van der Waals surface area contributed by atoms with Crippen LogP contribution in [0.2, 0.25) is 0 Å². The topological polar surface area (TPSA) is 12.9 Å². The minimum atomic E-state index is -0.245. The number of hydrogen-bond donors (Lipinski definition) is 0. The molecular weight excluding hydrogens is 213 g/mol. The highest BCUT2D eigenvalue weighted by atomic mass is 19.1. The van der Waals surface area contributed by atoms with Gasteiger partial charge in [-0.1, -0.05) is 18.7 Å². The van der Waals surface area contributed by atoms with E-state index in [0.29, 0.717) is 6.42 Å². The van der Waals surface area contributed by atoms with Crippen LogP contribution in [-0.4, -0.2) is 4.98 Å². The summed E-state index contributed by atoms with van der Waals surface area (Å²) in [5, 5.41) is 0. The molecule has 0 N–H and O–H groups in total. The van der Waals surface area contributed by atoms with Crippen molar-refractivity contribution in [1.29, 1.82) is 0 Å². The van der Waals surface area contributed by atoms with Crippen molar-refractivity contribution in [2.75, 3.05) is 0 Å². The van der Waals surface area contributed by atoms with Gasteiger partial charge in [0.15, 0.2) is 0 Å². The Balaban J connectivity index is 2.27. The summed E-state index contributed by atoms with van der Waals surface area (Å²) in [6.07, 6.45) is 4.15. The molecule has 17 heavy (non-hydrogen) atoms. The van der Waals surface area contributed by atoms with E-state index in [4.69, 9.17) is 0 Å². The zero-order valence-corrected chi connectivity index (χ0v) is 9.36. The van der Waals surface area contributed by atoms with Gasteiger partial charge in [-0.05, 0) is 35.4 Å². The molecule has 0 amide bonds. The van der Waals surface area contributed by atoms with E-state index in [9.17, 15) is 4.39 Å². The maximum Gasteiger partial charge on any atom is 0.123 e. The van der Waals surface area contributed by atoms with E-state index in [-0.39, 0.29) is 5.82 Å². The van der Waals surface area contributed by atoms with Gasteiger partial charge in [0.1, 0.15) is 5.82 Å². The van der Waals surface area contributed by atoms with Crippen molar-refractivity contribution >= 4 is 5.57 Å².